The fourth-order valence-electron chi connectivity index (χ4n) is 2.81. The number of para-hydroxylation sites is 2. The Kier molecular flexibility index (Phi) is 5.15. The van der Waals surface area contributed by atoms with Crippen molar-refractivity contribution in [2.75, 3.05) is 19.0 Å². The van der Waals surface area contributed by atoms with E-state index in [0.29, 0.717) is 17.0 Å². The number of carbonyl (C=O) groups is 2. The van der Waals surface area contributed by atoms with Gasteiger partial charge in [-0.2, -0.15) is 0 Å². The normalized spacial score (nSPS) is 13.0. The standard InChI is InChI=1S/C18H19NO4S/c1-22-15-8-4-3-7-14(15)19-17(20)10-23-18(21)13-11-24-16-9-5-2-6-12(13)16/h3-4,7-8,11H,2,5-6,9-10H2,1H3,(H,19,20). The van der Waals surface area contributed by atoms with Gasteiger partial charge in [-0.05, 0) is 43.4 Å². The molecule has 1 aliphatic rings. The molecule has 0 fully saturated rings. The summed E-state index contributed by atoms with van der Waals surface area (Å²) in [5.74, 6) is -0.259. The van der Waals surface area contributed by atoms with Crippen molar-refractivity contribution >= 4 is 28.9 Å². The molecular formula is C18H19NO4S. The van der Waals surface area contributed by atoms with Crippen molar-refractivity contribution in [3.63, 3.8) is 0 Å². The van der Waals surface area contributed by atoms with E-state index in [1.54, 1.807) is 29.5 Å². The predicted molar refractivity (Wildman–Crippen MR) is 92.9 cm³/mol. The van der Waals surface area contributed by atoms with Gasteiger partial charge in [0, 0.05) is 10.3 Å². The van der Waals surface area contributed by atoms with Crippen molar-refractivity contribution in [2.24, 2.45) is 0 Å². The fraction of sp³-hybridized carbons (Fsp3) is 0.333. The molecule has 2 aromatic rings. The second-order valence-corrected chi connectivity index (χ2v) is 6.55. The minimum atomic E-state index is -0.426. The molecule has 1 amide bonds. The molecule has 5 nitrogen and oxygen atoms in total. The first-order valence-electron chi connectivity index (χ1n) is 7.88. The molecule has 126 valence electrons. The summed E-state index contributed by atoms with van der Waals surface area (Å²) >= 11 is 1.60. The third-order valence-corrected chi connectivity index (χ3v) is 5.09. The number of esters is 1. The zero-order valence-corrected chi connectivity index (χ0v) is 14.3. The molecule has 6 heteroatoms. The summed E-state index contributed by atoms with van der Waals surface area (Å²) in [5.41, 5.74) is 2.26. The first-order valence-corrected chi connectivity index (χ1v) is 8.76. The SMILES string of the molecule is COc1ccccc1NC(=O)COC(=O)c1csc2c1CCCC2. The highest BCUT2D eigenvalue weighted by atomic mass is 32.1. The lowest BCUT2D eigenvalue weighted by Crippen LogP contribution is -2.21. The van der Waals surface area contributed by atoms with Crippen LogP contribution < -0.4 is 10.1 Å². The maximum absolute atomic E-state index is 12.2. The van der Waals surface area contributed by atoms with Gasteiger partial charge >= 0.3 is 5.97 Å². The van der Waals surface area contributed by atoms with Gasteiger partial charge in [0.2, 0.25) is 0 Å². The lowest BCUT2D eigenvalue weighted by atomic mass is 9.96. The number of nitrogens with one attached hydrogen (secondary N) is 1. The fourth-order valence-corrected chi connectivity index (χ4v) is 3.92. The first-order chi connectivity index (χ1) is 11.7. The van der Waals surface area contributed by atoms with E-state index in [1.807, 2.05) is 11.4 Å². The summed E-state index contributed by atoms with van der Waals surface area (Å²) in [7, 11) is 1.53. The second kappa shape index (κ2) is 7.49. The van der Waals surface area contributed by atoms with Crippen LogP contribution in [-0.4, -0.2) is 25.6 Å². The van der Waals surface area contributed by atoms with E-state index in [0.717, 1.165) is 24.8 Å². The molecule has 1 N–H and O–H groups in total. The molecule has 0 aliphatic heterocycles. The number of benzene rings is 1. The summed E-state index contributed by atoms with van der Waals surface area (Å²) in [4.78, 5) is 25.5. The van der Waals surface area contributed by atoms with Crippen molar-refractivity contribution in [1.29, 1.82) is 0 Å². The molecule has 3 rings (SSSR count). The van der Waals surface area contributed by atoms with Crippen molar-refractivity contribution in [2.45, 2.75) is 25.7 Å². The van der Waals surface area contributed by atoms with Crippen LogP contribution in [0.2, 0.25) is 0 Å². The second-order valence-electron chi connectivity index (χ2n) is 5.58. The Hall–Kier alpha value is -2.34. The molecule has 0 spiro atoms. The molecule has 1 aromatic heterocycles. The molecule has 0 unspecified atom stereocenters. The van der Waals surface area contributed by atoms with Crippen molar-refractivity contribution in [1.82, 2.24) is 0 Å². The van der Waals surface area contributed by atoms with Crippen molar-refractivity contribution in [3.05, 3.63) is 45.6 Å². The van der Waals surface area contributed by atoms with Gasteiger partial charge in [-0.1, -0.05) is 12.1 Å². The predicted octanol–water partition coefficient (Wildman–Crippen LogP) is 3.43. The Balaban J connectivity index is 1.58. The number of aryl methyl sites for hydroxylation is 1. The Bertz CT molecular complexity index is 753. The number of methoxy groups -OCH3 is 1. The highest BCUT2D eigenvalue weighted by molar-refractivity contribution is 7.10. The topological polar surface area (TPSA) is 64.6 Å². The van der Waals surface area contributed by atoms with Gasteiger partial charge in [0.25, 0.3) is 5.91 Å². The molecule has 0 saturated heterocycles. The van der Waals surface area contributed by atoms with Gasteiger partial charge in [0.1, 0.15) is 5.75 Å². The summed E-state index contributed by atoms with van der Waals surface area (Å²) in [5, 5.41) is 4.53. The Morgan fingerprint density at radius 1 is 1.21 bits per heavy atom. The highest BCUT2D eigenvalue weighted by Crippen LogP contribution is 2.30. The van der Waals surface area contributed by atoms with Crippen LogP contribution in [0.5, 0.6) is 5.75 Å². The van der Waals surface area contributed by atoms with E-state index in [9.17, 15) is 9.59 Å². The molecule has 0 atom stereocenters. The summed E-state index contributed by atoms with van der Waals surface area (Å²) in [6, 6.07) is 7.09. The van der Waals surface area contributed by atoms with E-state index in [4.69, 9.17) is 9.47 Å². The molecule has 1 aliphatic carbocycles. The van der Waals surface area contributed by atoms with Crippen molar-refractivity contribution in [3.8, 4) is 5.75 Å². The number of rotatable bonds is 5. The van der Waals surface area contributed by atoms with Crippen LogP contribution in [0.1, 0.15) is 33.6 Å². The van der Waals surface area contributed by atoms with Crippen LogP contribution in [0.15, 0.2) is 29.6 Å². The summed E-state index contributed by atoms with van der Waals surface area (Å²) in [6.07, 6.45) is 4.21. The van der Waals surface area contributed by atoms with E-state index in [1.165, 1.54) is 18.4 Å². The van der Waals surface area contributed by atoms with Gasteiger partial charge < -0.3 is 14.8 Å². The number of ether oxygens (including phenoxy) is 2. The molecular weight excluding hydrogens is 326 g/mol. The maximum atomic E-state index is 12.2. The highest BCUT2D eigenvalue weighted by Gasteiger charge is 2.21. The lowest BCUT2D eigenvalue weighted by Gasteiger charge is -2.13. The quantitative estimate of drug-likeness (QED) is 0.843. The largest absolute Gasteiger partial charge is 0.495 e. The number of amides is 1. The maximum Gasteiger partial charge on any atom is 0.339 e. The van der Waals surface area contributed by atoms with Crippen LogP contribution >= 0.6 is 11.3 Å². The monoisotopic (exact) mass is 345 g/mol. The zero-order chi connectivity index (χ0) is 16.9. The van der Waals surface area contributed by atoms with Crippen molar-refractivity contribution < 1.29 is 19.1 Å². The van der Waals surface area contributed by atoms with E-state index in [2.05, 4.69) is 5.32 Å². The van der Waals surface area contributed by atoms with Gasteiger partial charge in [-0.3, -0.25) is 4.79 Å². The van der Waals surface area contributed by atoms with Gasteiger partial charge in [0.05, 0.1) is 18.4 Å². The third-order valence-electron chi connectivity index (χ3n) is 4.00. The van der Waals surface area contributed by atoms with E-state index < -0.39 is 11.9 Å². The zero-order valence-electron chi connectivity index (χ0n) is 13.5. The third kappa shape index (κ3) is 3.59. The number of hydrogen-bond donors (Lipinski definition) is 1. The molecule has 24 heavy (non-hydrogen) atoms. The van der Waals surface area contributed by atoms with E-state index in [-0.39, 0.29) is 6.61 Å². The number of carbonyl (C=O) groups excluding carboxylic acids is 2. The number of hydrogen-bond acceptors (Lipinski definition) is 5. The number of thiophene rings is 1. The molecule has 0 saturated carbocycles. The average molecular weight is 345 g/mol. The van der Waals surface area contributed by atoms with Crippen LogP contribution in [0.3, 0.4) is 0 Å². The minimum absolute atomic E-state index is 0.318. The van der Waals surface area contributed by atoms with Gasteiger partial charge in [-0.15, -0.1) is 11.3 Å². The smallest absolute Gasteiger partial charge is 0.339 e. The van der Waals surface area contributed by atoms with Gasteiger partial charge in [0.15, 0.2) is 6.61 Å². The van der Waals surface area contributed by atoms with Crippen LogP contribution in [-0.2, 0) is 22.4 Å². The average Bonchev–Trinajstić information content (AvgIpc) is 3.04. The molecule has 0 bridgehead atoms. The van der Waals surface area contributed by atoms with Crippen LogP contribution in [0, 0.1) is 0 Å². The lowest BCUT2D eigenvalue weighted by molar-refractivity contribution is -0.119. The molecule has 1 heterocycles. The number of fused-ring (bicyclic) bond motifs is 1. The van der Waals surface area contributed by atoms with Gasteiger partial charge in [-0.25, -0.2) is 4.79 Å². The minimum Gasteiger partial charge on any atom is -0.495 e. The Morgan fingerprint density at radius 3 is 2.83 bits per heavy atom. The first kappa shape index (κ1) is 16.5. The summed E-state index contributed by atoms with van der Waals surface area (Å²) in [6.45, 7) is -0.318. The van der Waals surface area contributed by atoms with E-state index >= 15 is 0 Å². The van der Waals surface area contributed by atoms with Crippen LogP contribution in [0.25, 0.3) is 0 Å². The number of anilines is 1. The summed E-state index contributed by atoms with van der Waals surface area (Å²) < 4.78 is 10.3. The molecule has 1 aromatic carbocycles. The Morgan fingerprint density at radius 2 is 2.00 bits per heavy atom. The molecule has 0 radical (unpaired) electrons. The van der Waals surface area contributed by atoms with Crippen LogP contribution in [0.4, 0.5) is 5.69 Å². The Labute approximate surface area is 144 Å².